The van der Waals surface area contributed by atoms with E-state index < -0.39 is 18.6 Å². The molecule has 0 radical (unpaired) electrons. The fourth-order valence-corrected chi connectivity index (χ4v) is 2.47. The predicted molar refractivity (Wildman–Crippen MR) is 62.9 cm³/mol. The molecule has 0 saturated heterocycles. The van der Waals surface area contributed by atoms with Crippen molar-refractivity contribution < 1.29 is 18.0 Å². The summed E-state index contributed by atoms with van der Waals surface area (Å²) in [5.74, 6) is -0.0524. The van der Waals surface area contributed by atoms with E-state index in [1.807, 2.05) is 0 Å². The average molecular weight is 266 g/mol. The lowest BCUT2D eigenvalue weighted by Gasteiger charge is -2.27. The molecule has 1 aliphatic rings. The average Bonchev–Trinajstić information content (AvgIpc) is 2.23. The van der Waals surface area contributed by atoms with E-state index in [9.17, 15) is 18.0 Å². The Morgan fingerprint density at radius 3 is 2.61 bits per heavy atom. The highest BCUT2D eigenvalue weighted by Crippen LogP contribution is 2.27. The van der Waals surface area contributed by atoms with Gasteiger partial charge in [-0.3, -0.25) is 4.79 Å². The molecule has 18 heavy (non-hydrogen) atoms. The molecular formula is C12H21F3N2O. The van der Waals surface area contributed by atoms with Gasteiger partial charge in [-0.25, -0.2) is 0 Å². The molecule has 1 aliphatic carbocycles. The standard InChI is InChI=1S/C12H21F3N2O/c1-17(8-12(13,14)15)11(18)6-5-9-3-2-4-10(16)7-9/h9-10H,2-8,16H2,1H3. The molecule has 1 amide bonds. The molecule has 0 aromatic rings. The van der Waals surface area contributed by atoms with Crippen LogP contribution < -0.4 is 5.73 Å². The highest BCUT2D eigenvalue weighted by atomic mass is 19.4. The molecule has 2 atom stereocenters. The van der Waals surface area contributed by atoms with Crippen LogP contribution in [0.1, 0.15) is 38.5 Å². The van der Waals surface area contributed by atoms with Crippen LogP contribution in [-0.2, 0) is 4.79 Å². The Labute approximate surface area is 106 Å². The van der Waals surface area contributed by atoms with E-state index in [2.05, 4.69) is 0 Å². The lowest BCUT2D eigenvalue weighted by Crippen LogP contribution is -2.36. The minimum absolute atomic E-state index is 0.184. The smallest absolute Gasteiger partial charge is 0.337 e. The Bertz CT molecular complexity index is 281. The second-order valence-corrected chi connectivity index (χ2v) is 5.20. The van der Waals surface area contributed by atoms with E-state index >= 15 is 0 Å². The number of rotatable bonds is 4. The van der Waals surface area contributed by atoms with Gasteiger partial charge in [-0.1, -0.05) is 12.8 Å². The molecule has 3 nitrogen and oxygen atoms in total. The van der Waals surface area contributed by atoms with Crippen LogP contribution in [0.25, 0.3) is 0 Å². The molecule has 0 aromatic heterocycles. The van der Waals surface area contributed by atoms with Gasteiger partial charge in [0, 0.05) is 19.5 Å². The van der Waals surface area contributed by atoms with Crippen LogP contribution in [0.15, 0.2) is 0 Å². The summed E-state index contributed by atoms with van der Waals surface area (Å²) in [6, 6.07) is 0.187. The number of hydrogen-bond acceptors (Lipinski definition) is 2. The molecule has 1 fully saturated rings. The van der Waals surface area contributed by atoms with Crippen molar-refractivity contribution in [2.75, 3.05) is 13.6 Å². The number of halogens is 3. The zero-order valence-electron chi connectivity index (χ0n) is 10.7. The molecule has 0 aliphatic heterocycles. The van der Waals surface area contributed by atoms with Gasteiger partial charge in [-0.2, -0.15) is 13.2 Å². The Morgan fingerprint density at radius 2 is 2.06 bits per heavy atom. The molecule has 0 aromatic carbocycles. The lowest BCUT2D eigenvalue weighted by atomic mass is 9.83. The van der Waals surface area contributed by atoms with Crippen molar-refractivity contribution in [3.05, 3.63) is 0 Å². The van der Waals surface area contributed by atoms with Gasteiger partial charge in [0.15, 0.2) is 0 Å². The number of nitrogens with two attached hydrogens (primary N) is 1. The Kier molecular flexibility index (Phi) is 5.44. The van der Waals surface area contributed by atoms with Crippen LogP contribution in [0.2, 0.25) is 0 Å². The fraction of sp³-hybridized carbons (Fsp3) is 0.917. The van der Waals surface area contributed by atoms with Crippen LogP contribution >= 0.6 is 0 Å². The van der Waals surface area contributed by atoms with Gasteiger partial charge in [0.1, 0.15) is 6.54 Å². The normalized spacial score (nSPS) is 24.9. The third-order valence-corrected chi connectivity index (χ3v) is 3.43. The summed E-state index contributed by atoms with van der Waals surface area (Å²) < 4.78 is 36.3. The van der Waals surface area contributed by atoms with E-state index in [1.54, 1.807) is 0 Å². The van der Waals surface area contributed by atoms with Gasteiger partial charge < -0.3 is 10.6 Å². The SMILES string of the molecule is CN(CC(F)(F)F)C(=O)CCC1CCCC(N)C1. The first-order chi connectivity index (χ1) is 8.28. The maximum absolute atomic E-state index is 12.1. The van der Waals surface area contributed by atoms with Crippen molar-refractivity contribution in [2.45, 2.75) is 50.7 Å². The van der Waals surface area contributed by atoms with E-state index in [-0.39, 0.29) is 12.5 Å². The summed E-state index contributed by atoms with van der Waals surface area (Å²) in [6.45, 7) is -1.17. The third kappa shape index (κ3) is 5.71. The van der Waals surface area contributed by atoms with Crippen molar-refractivity contribution in [1.82, 2.24) is 4.90 Å². The molecule has 106 valence electrons. The minimum atomic E-state index is -4.32. The van der Waals surface area contributed by atoms with Crippen molar-refractivity contribution in [1.29, 1.82) is 0 Å². The summed E-state index contributed by atoms with van der Waals surface area (Å²) >= 11 is 0. The topological polar surface area (TPSA) is 46.3 Å². The van der Waals surface area contributed by atoms with Crippen molar-refractivity contribution in [3.63, 3.8) is 0 Å². The Hall–Kier alpha value is -0.780. The summed E-state index contributed by atoms with van der Waals surface area (Å²) in [7, 11) is 1.20. The first-order valence-corrected chi connectivity index (χ1v) is 6.34. The molecule has 1 saturated carbocycles. The van der Waals surface area contributed by atoms with Gasteiger partial charge >= 0.3 is 6.18 Å². The van der Waals surface area contributed by atoms with Crippen molar-refractivity contribution >= 4 is 5.91 Å². The molecular weight excluding hydrogens is 245 g/mol. The summed E-state index contributed by atoms with van der Waals surface area (Å²) in [5, 5.41) is 0. The van der Waals surface area contributed by atoms with E-state index in [0.29, 0.717) is 12.3 Å². The highest BCUT2D eigenvalue weighted by molar-refractivity contribution is 5.75. The maximum atomic E-state index is 12.1. The first-order valence-electron chi connectivity index (χ1n) is 6.34. The van der Waals surface area contributed by atoms with Crippen molar-refractivity contribution in [3.8, 4) is 0 Å². The molecule has 2 unspecified atom stereocenters. The number of carbonyl (C=O) groups is 1. The quantitative estimate of drug-likeness (QED) is 0.848. The summed E-state index contributed by atoms with van der Waals surface area (Å²) in [6.07, 6.45) is 0.493. The third-order valence-electron chi connectivity index (χ3n) is 3.43. The highest BCUT2D eigenvalue weighted by Gasteiger charge is 2.31. The number of nitrogens with zero attached hydrogens (tertiary/aromatic N) is 1. The zero-order chi connectivity index (χ0) is 13.8. The Balaban J connectivity index is 2.27. The second kappa shape index (κ2) is 6.41. The van der Waals surface area contributed by atoms with Crippen molar-refractivity contribution in [2.24, 2.45) is 11.7 Å². The molecule has 2 N–H and O–H groups in total. The van der Waals surface area contributed by atoms with E-state index in [0.717, 1.165) is 30.6 Å². The molecule has 0 bridgehead atoms. The van der Waals surface area contributed by atoms with Crippen LogP contribution in [-0.4, -0.2) is 36.6 Å². The van der Waals surface area contributed by atoms with Crippen LogP contribution in [0.4, 0.5) is 13.2 Å². The summed E-state index contributed by atoms with van der Waals surface area (Å²) in [5.41, 5.74) is 5.83. The molecule has 1 rings (SSSR count). The maximum Gasteiger partial charge on any atom is 0.406 e. The largest absolute Gasteiger partial charge is 0.406 e. The van der Waals surface area contributed by atoms with Gasteiger partial charge in [0.05, 0.1) is 0 Å². The molecule has 0 heterocycles. The van der Waals surface area contributed by atoms with Crippen LogP contribution in [0.3, 0.4) is 0 Å². The minimum Gasteiger partial charge on any atom is -0.337 e. The van der Waals surface area contributed by atoms with Gasteiger partial charge in [-0.15, -0.1) is 0 Å². The number of alkyl halides is 3. The molecule has 0 spiro atoms. The predicted octanol–water partition coefficient (Wildman–Crippen LogP) is 2.30. The Morgan fingerprint density at radius 1 is 1.39 bits per heavy atom. The number of carbonyl (C=O) groups excluding carboxylic acids is 1. The lowest BCUT2D eigenvalue weighted by molar-refractivity contribution is -0.158. The van der Waals surface area contributed by atoms with Gasteiger partial charge in [0.2, 0.25) is 5.91 Å². The van der Waals surface area contributed by atoms with Gasteiger partial charge in [-0.05, 0) is 25.2 Å². The molecule has 6 heteroatoms. The summed E-state index contributed by atoms with van der Waals surface area (Å²) in [4.78, 5) is 12.3. The van der Waals surface area contributed by atoms with Crippen LogP contribution in [0, 0.1) is 5.92 Å². The monoisotopic (exact) mass is 266 g/mol. The fourth-order valence-electron chi connectivity index (χ4n) is 2.47. The van der Waals surface area contributed by atoms with E-state index in [1.165, 1.54) is 7.05 Å². The second-order valence-electron chi connectivity index (χ2n) is 5.20. The van der Waals surface area contributed by atoms with Crippen LogP contribution in [0.5, 0.6) is 0 Å². The zero-order valence-corrected chi connectivity index (χ0v) is 10.7. The number of hydrogen-bond donors (Lipinski definition) is 1. The van der Waals surface area contributed by atoms with Gasteiger partial charge in [0.25, 0.3) is 0 Å². The first kappa shape index (κ1) is 15.3. The number of amides is 1. The van der Waals surface area contributed by atoms with E-state index in [4.69, 9.17) is 5.73 Å².